The fourth-order valence-corrected chi connectivity index (χ4v) is 13.7. The molecule has 6 rings (SSSR count). The van der Waals surface area contributed by atoms with E-state index in [1.165, 1.54) is 0 Å². The quantitative estimate of drug-likeness (QED) is 0.0901. The molecule has 3 aliphatic heterocycles. The molecule has 3 saturated heterocycles. The summed E-state index contributed by atoms with van der Waals surface area (Å²) in [6.45, 7) is 3.86. The Balaban J connectivity index is 1.23. The first-order valence-corrected chi connectivity index (χ1v) is 14.6. The molecule has 0 radical (unpaired) electrons. The van der Waals surface area contributed by atoms with Crippen LogP contribution in [0.2, 0.25) is 0 Å². The summed E-state index contributed by atoms with van der Waals surface area (Å²) in [6.07, 6.45) is 3.51. The van der Waals surface area contributed by atoms with E-state index in [0.29, 0.717) is 6.42 Å². The van der Waals surface area contributed by atoms with Crippen molar-refractivity contribution in [3.63, 3.8) is 0 Å². The van der Waals surface area contributed by atoms with Gasteiger partial charge in [0.15, 0.2) is 0 Å². The van der Waals surface area contributed by atoms with E-state index in [4.69, 9.17) is 14.2 Å². The topological polar surface area (TPSA) is 123 Å². The maximum absolute atomic E-state index is 13.1. The first-order chi connectivity index (χ1) is 13.7. The molecule has 29 heavy (non-hydrogen) atoms. The number of halogens is 2. The molecule has 6 fully saturated rings. The molecule has 0 spiro atoms. The van der Waals surface area contributed by atoms with Crippen molar-refractivity contribution in [1.82, 2.24) is 7.06 Å². The van der Waals surface area contributed by atoms with Crippen molar-refractivity contribution in [3.8, 4) is 0 Å². The van der Waals surface area contributed by atoms with E-state index in [1.54, 1.807) is 0 Å². The van der Waals surface area contributed by atoms with Crippen LogP contribution in [0.5, 0.6) is 0 Å². The Labute approximate surface area is 190 Å². The van der Waals surface area contributed by atoms with E-state index in [9.17, 15) is 14.4 Å². The fraction of sp³-hybridized carbons (Fsp3) is 0.842. The van der Waals surface area contributed by atoms with Crippen LogP contribution in [0.25, 0.3) is 0 Å². The van der Waals surface area contributed by atoms with Gasteiger partial charge in [-0.05, 0) is 0 Å². The Morgan fingerprint density at radius 1 is 1.28 bits per heavy atom. The minimum absolute atomic E-state index is 0.0562. The molecule has 7 atom stereocenters. The zero-order valence-electron chi connectivity index (χ0n) is 16.2. The monoisotopic (exact) mass is 630 g/mol. The van der Waals surface area contributed by atoms with Crippen LogP contribution in [0, 0.1) is 23.7 Å². The number of carbonyl (C=O) groups excluding carboxylic acids is 3. The Bertz CT molecular complexity index is 822. The summed E-state index contributed by atoms with van der Waals surface area (Å²) in [5.41, 5.74) is -0.442. The van der Waals surface area contributed by atoms with E-state index in [-0.39, 0.29) is 33.4 Å². The third-order valence-electron chi connectivity index (χ3n) is 7.76. The summed E-state index contributed by atoms with van der Waals surface area (Å²) in [6, 6.07) is 0. The molecule has 7 unspecified atom stereocenters. The number of hydrogen-bond donors (Lipinski definition) is 2. The Morgan fingerprint density at radius 2 is 1.93 bits per heavy atom. The van der Waals surface area contributed by atoms with E-state index in [2.05, 4.69) is 29.7 Å². The van der Waals surface area contributed by atoms with Crippen molar-refractivity contribution >= 4 is 60.9 Å². The number of esters is 3. The predicted molar refractivity (Wildman–Crippen MR) is 117 cm³/mol. The molecule has 0 amide bonds. The molecule has 3 heterocycles. The van der Waals surface area contributed by atoms with Gasteiger partial charge in [0.1, 0.15) is 0 Å². The van der Waals surface area contributed by atoms with Gasteiger partial charge < -0.3 is 0 Å². The number of nitrogens with one attached hydrogen (secondary N) is 2. The summed E-state index contributed by atoms with van der Waals surface area (Å²) in [4.78, 5) is 38.7. The van der Waals surface area contributed by atoms with E-state index in [0.717, 1.165) is 25.7 Å². The van der Waals surface area contributed by atoms with Crippen molar-refractivity contribution < 1.29 is 28.6 Å². The average Bonchev–Trinajstić information content (AvgIpc) is 3.29. The Morgan fingerprint density at radius 3 is 2.55 bits per heavy atom. The van der Waals surface area contributed by atoms with Gasteiger partial charge in [0.05, 0.1) is 0 Å². The van der Waals surface area contributed by atoms with Crippen molar-refractivity contribution in [2.24, 2.45) is 23.7 Å². The van der Waals surface area contributed by atoms with Crippen LogP contribution in [0.4, 0.5) is 0 Å². The molecular weight excluding hydrogens is 606 g/mol. The van der Waals surface area contributed by atoms with Gasteiger partial charge in [-0.2, -0.15) is 0 Å². The molecule has 3 aliphatic carbocycles. The first kappa shape index (κ1) is 19.5. The average molecular weight is 630 g/mol. The van der Waals surface area contributed by atoms with Crippen molar-refractivity contribution in [1.29, 1.82) is 0 Å². The number of carbonyl (C=O) groups is 3. The zero-order valence-corrected chi connectivity index (χ0v) is 20.5. The van der Waals surface area contributed by atoms with Crippen LogP contribution < -0.4 is 7.06 Å². The molecule has 160 valence electrons. The molecular formula is C19H24I2N2O6. The van der Waals surface area contributed by atoms with Crippen molar-refractivity contribution in [2.75, 3.05) is 0 Å². The third-order valence-corrected chi connectivity index (χ3v) is 14.9. The SMILES string of the molecule is CC1(OC(=O)C2C3CC4C(OC(=O)C42)C3OC(=O)C(C)(I)C23NI2N3)CCCC1. The van der Waals surface area contributed by atoms with Gasteiger partial charge in [-0.25, -0.2) is 0 Å². The van der Waals surface area contributed by atoms with E-state index < -0.39 is 53.4 Å². The molecule has 2 N–H and O–H groups in total. The molecule has 0 aromatic carbocycles. The van der Waals surface area contributed by atoms with Gasteiger partial charge in [-0.1, -0.05) is 0 Å². The second-order valence-electron chi connectivity index (χ2n) is 9.60. The van der Waals surface area contributed by atoms with Gasteiger partial charge in [0, 0.05) is 0 Å². The van der Waals surface area contributed by atoms with Crippen LogP contribution in [0.3, 0.4) is 0 Å². The second kappa shape index (κ2) is 5.97. The number of rotatable bonds is 5. The normalized spacial score (nSPS) is 44.7. The van der Waals surface area contributed by atoms with Crippen LogP contribution >= 0.6 is 43.0 Å². The third kappa shape index (κ3) is 2.57. The summed E-state index contributed by atoms with van der Waals surface area (Å²) < 4.78 is 23.3. The standard InChI is InChI=1S/C19H24I2N2O6/c1-17(5-3-4-6-17)29-15(25)11-9-7-8-10(11)14(24)27-12(8)13(9)28-16(26)18(2,20)19-21(22-19)23-19/h8-13,22-23H,3-7H2,1-2H3. The maximum atomic E-state index is 13.1. The van der Waals surface area contributed by atoms with Crippen molar-refractivity contribution in [3.05, 3.63) is 0 Å². The Hall–Kier alpha value is -0.210. The molecule has 0 aromatic heterocycles. The van der Waals surface area contributed by atoms with Crippen molar-refractivity contribution in [2.45, 2.75) is 70.9 Å². The van der Waals surface area contributed by atoms with Crippen LogP contribution in [0.15, 0.2) is 0 Å². The molecule has 2 bridgehead atoms. The summed E-state index contributed by atoms with van der Waals surface area (Å²) in [7, 11) is 0. The zero-order chi connectivity index (χ0) is 20.3. The van der Waals surface area contributed by atoms with Crippen LogP contribution in [0.1, 0.15) is 46.0 Å². The molecule has 6 aliphatic rings. The van der Waals surface area contributed by atoms with Crippen LogP contribution in [-0.2, 0) is 28.6 Å². The molecule has 3 saturated carbocycles. The Kier molecular flexibility index (Phi) is 4.01. The first-order valence-electron chi connectivity index (χ1n) is 10.3. The fourth-order valence-electron chi connectivity index (χ4n) is 5.96. The van der Waals surface area contributed by atoms with Gasteiger partial charge in [0.25, 0.3) is 0 Å². The van der Waals surface area contributed by atoms with Gasteiger partial charge in [-0.3, -0.25) is 0 Å². The van der Waals surface area contributed by atoms with Gasteiger partial charge >= 0.3 is 191 Å². The minimum atomic E-state index is -1.32. The number of ether oxygens (including phenoxy) is 3. The molecule has 10 heteroatoms. The number of alkyl halides is 2. The second-order valence-corrected chi connectivity index (χ2v) is 16.1. The van der Waals surface area contributed by atoms with E-state index >= 15 is 0 Å². The molecule has 0 aromatic rings. The number of hydrogen-bond acceptors (Lipinski definition) is 8. The predicted octanol–water partition coefficient (Wildman–Crippen LogP) is 1.97. The summed E-state index contributed by atoms with van der Waals surface area (Å²) >= 11 is 0.840. The van der Waals surface area contributed by atoms with Gasteiger partial charge in [0.2, 0.25) is 0 Å². The summed E-state index contributed by atoms with van der Waals surface area (Å²) in [5.74, 6) is -2.24. The van der Waals surface area contributed by atoms with Crippen LogP contribution in [-0.4, -0.2) is 42.8 Å². The number of fused-ring (bicyclic) bond motifs is 2. The van der Waals surface area contributed by atoms with E-state index in [1.807, 2.05) is 13.8 Å². The summed E-state index contributed by atoms with van der Waals surface area (Å²) in [5, 5.41) is 0. The van der Waals surface area contributed by atoms with Gasteiger partial charge in [-0.15, -0.1) is 0 Å². The molecule has 8 nitrogen and oxygen atoms in total.